The van der Waals surface area contributed by atoms with Crippen molar-refractivity contribution in [2.75, 3.05) is 38.8 Å². The first-order valence-electron chi connectivity index (χ1n) is 9.27. The molecule has 0 radical (unpaired) electrons. The van der Waals surface area contributed by atoms with Crippen LogP contribution in [0.3, 0.4) is 0 Å². The molecule has 0 atom stereocenters. The van der Waals surface area contributed by atoms with Crippen LogP contribution in [-0.4, -0.2) is 59.5 Å². The quantitative estimate of drug-likeness (QED) is 0.206. The Morgan fingerprint density at radius 3 is 2.64 bits per heavy atom. The zero-order valence-corrected chi connectivity index (χ0v) is 20.0. The van der Waals surface area contributed by atoms with Gasteiger partial charge < -0.3 is 19.9 Å². The van der Waals surface area contributed by atoms with E-state index < -0.39 is 0 Å². The van der Waals surface area contributed by atoms with Crippen molar-refractivity contribution in [3.05, 3.63) is 42.0 Å². The number of guanidine groups is 1. The number of halogens is 1. The van der Waals surface area contributed by atoms with Gasteiger partial charge in [0.2, 0.25) is 0 Å². The monoisotopic (exact) mass is 518 g/mol. The Morgan fingerprint density at radius 1 is 1.21 bits per heavy atom. The third-order valence-electron chi connectivity index (χ3n) is 4.09. The second-order valence-electron chi connectivity index (χ2n) is 5.97. The Balaban J connectivity index is 0.00000392. The number of aliphatic imine (C=N–C) groups is 1. The molecule has 0 amide bonds. The van der Waals surface area contributed by atoms with Crippen LogP contribution in [0.1, 0.15) is 18.3 Å². The van der Waals surface area contributed by atoms with Crippen molar-refractivity contribution in [2.45, 2.75) is 26.3 Å². The topological polar surface area (TPSA) is 76.4 Å². The fraction of sp³-hybridized carbons (Fsp3) is 0.526. The van der Waals surface area contributed by atoms with Crippen molar-refractivity contribution in [1.82, 2.24) is 25.4 Å². The summed E-state index contributed by atoms with van der Waals surface area (Å²) in [5.74, 6) is 3.75. The summed E-state index contributed by atoms with van der Waals surface area (Å²) in [7, 11) is 1.68. The van der Waals surface area contributed by atoms with E-state index in [2.05, 4.69) is 55.7 Å². The van der Waals surface area contributed by atoms with Gasteiger partial charge in [-0.3, -0.25) is 4.99 Å². The van der Waals surface area contributed by atoms with Gasteiger partial charge in [0.15, 0.2) is 5.96 Å². The molecule has 156 valence electrons. The highest BCUT2D eigenvalue weighted by atomic mass is 127. The number of aryl methyl sites for hydroxylation is 1. The fourth-order valence-electron chi connectivity index (χ4n) is 2.57. The van der Waals surface area contributed by atoms with E-state index in [4.69, 9.17) is 4.74 Å². The minimum atomic E-state index is 0. The van der Waals surface area contributed by atoms with Crippen molar-refractivity contribution in [2.24, 2.45) is 4.99 Å². The van der Waals surface area contributed by atoms with E-state index in [9.17, 15) is 0 Å². The Labute approximate surface area is 189 Å². The number of thioether (sulfide) groups is 1. The lowest BCUT2D eigenvalue weighted by Gasteiger charge is -2.13. The molecule has 9 heteroatoms. The van der Waals surface area contributed by atoms with Gasteiger partial charge in [0.05, 0.1) is 13.7 Å². The first-order chi connectivity index (χ1) is 13.3. The van der Waals surface area contributed by atoms with E-state index in [1.165, 1.54) is 5.56 Å². The number of hydrogen-bond donors (Lipinski definition) is 2. The average Bonchev–Trinajstić information content (AvgIpc) is 3.16. The van der Waals surface area contributed by atoms with E-state index in [0.29, 0.717) is 0 Å². The van der Waals surface area contributed by atoms with Crippen LogP contribution in [0, 0.1) is 0 Å². The number of methoxy groups -OCH3 is 1. The molecule has 0 spiro atoms. The van der Waals surface area contributed by atoms with Gasteiger partial charge in [-0.1, -0.05) is 19.1 Å². The van der Waals surface area contributed by atoms with E-state index >= 15 is 0 Å². The highest BCUT2D eigenvalue weighted by Gasteiger charge is 2.03. The second kappa shape index (κ2) is 14.5. The molecule has 1 aromatic heterocycles. The summed E-state index contributed by atoms with van der Waals surface area (Å²) in [5, 5.41) is 14.9. The summed E-state index contributed by atoms with van der Waals surface area (Å²) >= 11 is 1.80. The van der Waals surface area contributed by atoms with E-state index in [1.807, 2.05) is 12.1 Å². The standard InChI is InChI=1S/C19H30N6OS.HI/c1-4-18-24-23-15-25(18)13-11-21-19(22-12-14-27-3)20-10-9-16-5-7-17(26-2)8-6-16;/h5-8,15H,4,9-14H2,1-3H3,(H2,20,21,22);1H. The van der Waals surface area contributed by atoms with Gasteiger partial charge in [-0.25, -0.2) is 0 Å². The second-order valence-corrected chi connectivity index (χ2v) is 6.95. The number of nitrogens with zero attached hydrogens (tertiary/aromatic N) is 4. The molecule has 2 aromatic rings. The highest BCUT2D eigenvalue weighted by Crippen LogP contribution is 2.11. The summed E-state index contributed by atoms with van der Waals surface area (Å²) < 4.78 is 7.27. The van der Waals surface area contributed by atoms with Crippen LogP contribution in [0.4, 0.5) is 0 Å². The maximum atomic E-state index is 5.20. The van der Waals surface area contributed by atoms with E-state index in [1.54, 1.807) is 25.2 Å². The van der Waals surface area contributed by atoms with Crippen LogP contribution in [-0.2, 0) is 19.4 Å². The van der Waals surface area contributed by atoms with Crippen molar-refractivity contribution in [3.63, 3.8) is 0 Å². The van der Waals surface area contributed by atoms with Crippen LogP contribution in [0.15, 0.2) is 35.6 Å². The SMILES string of the molecule is CCc1nncn1CCNC(=NCCSC)NCCc1ccc(OC)cc1.I. The molecule has 0 aliphatic rings. The molecule has 2 rings (SSSR count). The van der Waals surface area contributed by atoms with Gasteiger partial charge in [-0.15, -0.1) is 34.2 Å². The lowest BCUT2D eigenvalue weighted by Crippen LogP contribution is -2.40. The largest absolute Gasteiger partial charge is 0.497 e. The lowest BCUT2D eigenvalue weighted by molar-refractivity contribution is 0.414. The Hall–Kier alpha value is -1.49. The first-order valence-corrected chi connectivity index (χ1v) is 10.7. The molecule has 0 aliphatic heterocycles. The Morgan fingerprint density at radius 2 is 1.96 bits per heavy atom. The fourth-order valence-corrected chi connectivity index (χ4v) is 2.85. The number of nitrogens with one attached hydrogen (secondary N) is 2. The van der Waals surface area contributed by atoms with Crippen LogP contribution in [0.2, 0.25) is 0 Å². The summed E-state index contributed by atoms with van der Waals surface area (Å²) in [5.41, 5.74) is 1.27. The molecule has 1 aromatic carbocycles. The summed E-state index contributed by atoms with van der Waals surface area (Å²) in [6, 6.07) is 8.17. The molecule has 28 heavy (non-hydrogen) atoms. The van der Waals surface area contributed by atoms with Gasteiger partial charge in [0, 0.05) is 31.8 Å². The van der Waals surface area contributed by atoms with Gasteiger partial charge >= 0.3 is 0 Å². The number of hydrogen-bond acceptors (Lipinski definition) is 5. The molecule has 1 heterocycles. The predicted molar refractivity (Wildman–Crippen MR) is 128 cm³/mol. The molecule has 0 saturated carbocycles. The van der Waals surface area contributed by atoms with Crippen LogP contribution >= 0.6 is 35.7 Å². The summed E-state index contributed by atoms with van der Waals surface area (Å²) in [6.07, 6.45) is 5.69. The third-order valence-corrected chi connectivity index (χ3v) is 4.68. The van der Waals surface area contributed by atoms with Crippen LogP contribution in [0.25, 0.3) is 0 Å². The van der Waals surface area contributed by atoms with Crippen LogP contribution in [0.5, 0.6) is 5.75 Å². The Bertz CT molecular complexity index is 692. The Kier molecular flexibility index (Phi) is 12.7. The van der Waals surface area contributed by atoms with Crippen molar-refractivity contribution in [3.8, 4) is 5.75 Å². The highest BCUT2D eigenvalue weighted by molar-refractivity contribution is 14.0. The zero-order chi connectivity index (χ0) is 19.3. The number of benzene rings is 1. The van der Waals surface area contributed by atoms with Crippen molar-refractivity contribution in [1.29, 1.82) is 0 Å². The van der Waals surface area contributed by atoms with Gasteiger partial charge in [-0.2, -0.15) is 11.8 Å². The average molecular weight is 518 g/mol. The maximum Gasteiger partial charge on any atom is 0.191 e. The molecular weight excluding hydrogens is 487 g/mol. The predicted octanol–water partition coefficient (Wildman–Crippen LogP) is 2.61. The molecule has 0 aliphatic carbocycles. The summed E-state index contributed by atoms with van der Waals surface area (Å²) in [4.78, 5) is 4.65. The summed E-state index contributed by atoms with van der Waals surface area (Å²) in [6.45, 7) is 5.30. The molecule has 7 nitrogen and oxygen atoms in total. The molecular formula is C19H31IN6OS. The molecule has 0 bridgehead atoms. The van der Waals surface area contributed by atoms with Gasteiger partial charge in [0.1, 0.15) is 17.9 Å². The normalized spacial score (nSPS) is 11.0. The molecule has 2 N–H and O–H groups in total. The minimum Gasteiger partial charge on any atom is -0.497 e. The van der Waals surface area contributed by atoms with Crippen LogP contribution < -0.4 is 15.4 Å². The van der Waals surface area contributed by atoms with E-state index in [0.717, 1.165) is 62.3 Å². The molecule has 0 saturated heterocycles. The first kappa shape index (κ1) is 24.5. The lowest BCUT2D eigenvalue weighted by atomic mass is 10.1. The molecule has 0 fully saturated rings. The zero-order valence-electron chi connectivity index (χ0n) is 16.9. The number of ether oxygens (including phenoxy) is 1. The van der Waals surface area contributed by atoms with E-state index in [-0.39, 0.29) is 24.0 Å². The van der Waals surface area contributed by atoms with Gasteiger partial charge in [0.25, 0.3) is 0 Å². The maximum absolute atomic E-state index is 5.20. The van der Waals surface area contributed by atoms with Gasteiger partial charge in [-0.05, 0) is 30.4 Å². The van der Waals surface area contributed by atoms with Crippen molar-refractivity contribution < 1.29 is 4.74 Å². The number of aromatic nitrogens is 3. The minimum absolute atomic E-state index is 0. The molecule has 0 unspecified atom stereocenters. The smallest absolute Gasteiger partial charge is 0.191 e. The number of rotatable bonds is 11. The van der Waals surface area contributed by atoms with Crippen molar-refractivity contribution >= 4 is 41.7 Å². The third kappa shape index (κ3) is 8.68.